The monoisotopic (exact) mass is 482 g/mol. The molecule has 2 N–H and O–H groups in total. The van der Waals surface area contributed by atoms with Gasteiger partial charge in [0.2, 0.25) is 6.35 Å². The summed E-state index contributed by atoms with van der Waals surface area (Å²) in [5, 5.41) is 19.4. The molecule has 0 bridgehead atoms. The van der Waals surface area contributed by atoms with Gasteiger partial charge in [-0.2, -0.15) is 0 Å². The van der Waals surface area contributed by atoms with Gasteiger partial charge < -0.3 is 14.6 Å². The number of hydrogen-bond donors (Lipinski definition) is 2. The second kappa shape index (κ2) is 8.49. The molecule has 2 heterocycles. The summed E-state index contributed by atoms with van der Waals surface area (Å²) in [6, 6.07) is 15.8. The molecule has 0 aliphatic carbocycles. The molecule has 8 heteroatoms. The zero-order chi connectivity index (χ0) is 22.1. The lowest BCUT2D eigenvalue weighted by Crippen LogP contribution is -2.35. The average Bonchev–Trinajstić information content (AvgIpc) is 3.29. The summed E-state index contributed by atoms with van der Waals surface area (Å²) in [5.41, 5.74) is 2.86. The second-order valence-electron chi connectivity index (χ2n) is 7.26. The number of halogens is 1. The maximum absolute atomic E-state index is 12.8. The molecule has 0 fully saturated rings. The van der Waals surface area contributed by atoms with Gasteiger partial charge in [0.1, 0.15) is 17.2 Å². The van der Waals surface area contributed by atoms with Crippen molar-refractivity contribution in [2.75, 3.05) is 0 Å². The van der Waals surface area contributed by atoms with Crippen LogP contribution in [0, 0.1) is 6.92 Å². The Bertz CT molecular complexity index is 1180. The topological polar surface area (TPSA) is 103 Å². The second-order valence-corrected chi connectivity index (χ2v) is 8.17. The van der Waals surface area contributed by atoms with Crippen molar-refractivity contribution in [2.24, 2.45) is 4.99 Å². The molecule has 0 radical (unpaired) electrons. The molecule has 4 rings (SSSR count). The number of benzene rings is 2. The maximum Gasteiger partial charge on any atom is 0.335 e. The summed E-state index contributed by atoms with van der Waals surface area (Å²) < 4.78 is 6.81. The van der Waals surface area contributed by atoms with E-state index in [2.05, 4.69) is 20.9 Å². The van der Waals surface area contributed by atoms with Crippen LogP contribution < -0.4 is 0 Å². The molecular formula is C23H19BrN2O5. The number of aromatic carboxylic acids is 1. The van der Waals surface area contributed by atoms with Gasteiger partial charge >= 0.3 is 5.97 Å². The van der Waals surface area contributed by atoms with E-state index in [4.69, 9.17) is 9.52 Å². The first-order valence-electron chi connectivity index (χ1n) is 9.55. The van der Waals surface area contributed by atoms with E-state index in [0.717, 1.165) is 21.2 Å². The first-order chi connectivity index (χ1) is 14.8. The number of nitrogens with zero attached hydrogens (tertiary/aromatic N) is 2. The van der Waals surface area contributed by atoms with Crippen LogP contribution in [-0.4, -0.2) is 39.1 Å². The Hall–Kier alpha value is -3.23. The van der Waals surface area contributed by atoms with E-state index in [1.807, 2.05) is 31.2 Å². The van der Waals surface area contributed by atoms with Crippen LogP contribution in [0.1, 0.15) is 27.2 Å². The zero-order valence-electron chi connectivity index (χ0n) is 16.6. The van der Waals surface area contributed by atoms with Crippen molar-refractivity contribution in [3.05, 3.63) is 81.5 Å². The number of amides is 1. The average molecular weight is 483 g/mol. The first-order valence-corrected chi connectivity index (χ1v) is 10.3. The van der Waals surface area contributed by atoms with Gasteiger partial charge in [-0.3, -0.25) is 9.69 Å². The van der Waals surface area contributed by atoms with Crippen molar-refractivity contribution < 1.29 is 24.2 Å². The third-order valence-electron chi connectivity index (χ3n) is 5.07. The van der Waals surface area contributed by atoms with Crippen LogP contribution in [0.4, 0.5) is 0 Å². The summed E-state index contributed by atoms with van der Waals surface area (Å²) >= 11 is 3.37. The molecular weight excluding hydrogens is 464 g/mol. The third-order valence-corrected chi connectivity index (χ3v) is 5.59. The van der Waals surface area contributed by atoms with E-state index in [1.54, 1.807) is 24.3 Å². The molecule has 1 unspecified atom stereocenters. The summed E-state index contributed by atoms with van der Waals surface area (Å²) in [4.78, 5) is 29.3. The fraction of sp³-hybridized carbons (Fsp3) is 0.174. The molecule has 2 aromatic carbocycles. The van der Waals surface area contributed by atoms with Crippen LogP contribution in [0.15, 0.2) is 68.5 Å². The summed E-state index contributed by atoms with van der Waals surface area (Å²) in [6.45, 7) is 2.06. The van der Waals surface area contributed by atoms with E-state index in [0.29, 0.717) is 11.5 Å². The molecule has 31 heavy (non-hydrogen) atoms. The lowest BCUT2D eigenvalue weighted by Gasteiger charge is -2.19. The van der Waals surface area contributed by atoms with Crippen LogP contribution in [0.2, 0.25) is 0 Å². The van der Waals surface area contributed by atoms with Crippen molar-refractivity contribution in [2.45, 2.75) is 26.2 Å². The highest BCUT2D eigenvalue weighted by atomic mass is 79.9. The molecule has 1 amide bonds. The quantitative estimate of drug-likeness (QED) is 0.552. The number of carboxylic acid groups (broad SMARTS) is 1. The molecule has 0 spiro atoms. The Morgan fingerprint density at radius 3 is 2.58 bits per heavy atom. The smallest absolute Gasteiger partial charge is 0.335 e. The van der Waals surface area contributed by atoms with Gasteiger partial charge in [-0.1, -0.05) is 34.1 Å². The number of furan rings is 1. The van der Waals surface area contributed by atoms with Crippen molar-refractivity contribution >= 4 is 33.5 Å². The molecule has 3 aromatic rings. The number of aliphatic hydroxyl groups is 1. The number of hydrogen-bond acceptors (Lipinski definition) is 5. The first kappa shape index (κ1) is 21.0. The number of aryl methyl sites for hydroxylation is 1. The van der Waals surface area contributed by atoms with Gasteiger partial charge in [0, 0.05) is 10.0 Å². The summed E-state index contributed by atoms with van der Waals surface area (Å²) in [7, 11) is 0. The number of rotatable bonds is 6. The van der Waals surface area contributed by atoms with Gasteiger partial charge in [-0.15, -0.1) is 0 Å². The highest BCUT2D eigenvalue weighted by Crippen LogP contribution is 2.27. The minimum Gasteiger partial charge on any atom is -0.478 e. The van der Waals surface area contributed by atoms with E-state index in [1.165, 1.54) is 11.0 Å². The Morgan fingerprint density at radius 2 is 1.90 bits per heavy atom. The predicted octanol–water partition coefficient (Wildman–Crippen LogP) is 4.02. The molecule has 0 saturated carbocycles. The van der Waals surface area contributed by atoms with E-state index in [-0.39, 0.29) is 30.1 Å². The van der Waals surface area contributed by atoms with Gasteiger partial charge in [-0.05, 0) is 54.4 Å². The van der Waals surface area contributed by atoms with Crippen LogP contribution in [-0.2, 0) is 17.8 Å². The number of carboxylic acids is 1. The van der Waals surface area contributed by atoms with Crippen LogP contribution in [0.25, 0.3) is 11.3 Å². The Kier molecular flexibility index (Phi) is 5.75. The van der Waals surface area contributed by atoms with Crippen molar-refractivity contribution in [1.29, 1.82) is 0 Å². The molecule has 1 aromatic heterocycles. The largest absolute Gasteiger partial charge is 0.478 e. The number of carbonyl (C=O) groups excluding carboxylic acids is 1. The normalized spacial score (nSPS) is 16.0. The van der Waals surface area contributed by atoms with Crippen LogP contribution in [0.3, 0.4) is 0 Å². The van der Waals surface area contributed by atoms with Crippen molar-refractivity contribution in [3.63, 3.8) is 0 Å². The van der Waals surface area contributed by atoms with Crippen LogP contribution in [0.5, 0.6) is 0 Å². The van der Waals surface area contributed by atoms with E-state index in [9.17, 15) is 14.7 Å². The van der Waals surface area contributed by atoms with Crippen LogP contribution >= 0.6 is 15.9 Å². The predicted molar refractivity (Wildman–Crippen MR) is 118 cm³/mol. The van der Waals surface area contributed by atoms with E-state index < -0.39 is 12.3 Å². The molecule has 1 aliphatic heterocycles. The fourth-order valence-corrected chi connectivity index (χ4v) is 3.72. The highest BCUT2D eigenvalue weighted by molar-refractivity contribution is 9.10. The van der Waals surface area contributed by atoms with Gasteiger partial charge in [0.15, 0.2) is 0 Å². The van der Waals surface area contributed by atoms with Gasteiger partial charge in [0.05, 0.1) is 18.5 Å². The fourth-order valence-electron chi connectivity index (χ4n) is 3.45. The highest BCUT2D eigenvalue weighted by Gasteiger charge is 2.33. The lowest BCUT2D eigenvalue weighted by molar-refractivity contribution is -0.131. The van der Waals surface area contributed by atoms with Gasteiger partial charge in [-0.25, -0.2) is 9.79 Å². The number of aliphatic imine (C=N–C) groups is 1. The molecule has 7 nitrogen and oxygen atoms in total. The SMILES string of the molecule is Cc1cc(C(=O)O)ccc1-c1ccc(CC2=NC(O)N(Cc3ccc(Br)cc3)C2=O)o1. The minimum atomic E-state index is -1.23. The molecule has 158 valence electrons. The molecule has 1 atom stereocenters. The maximum atomic E-state index is 12.8. The van der Waals surface area contributed by atoms with E-state index >= 15 is 0 Å². The zero-order valence-corrected chi connectivity index (χ0v) is 18.2. The molecule has 0 saturated heterocycles. The summed E-state index contributed by atoms with van der Waals surface area (Å²) in [6.07, 6.45) is -1.08. The number of aliphatic hydroxyl groups excluding tert-OH is 1. The van der Waals surface area contributed by atoms with Crippen molar-refractivity contribution in [1.82, 2.24) is 4.90 Å². The van der Waals surface area contributed by atoms with Gasteiger partial charge in [0.25, 0.3) is 5.91 Å². The third kappa shape index (κ3) is 4.45. The Balaban J connectivity index is 1.47. The number of carbonyl (C=O) groups is 2. The Labute approximate surface area is 186 Å². The lowest BCUT2D eigenvalue weighted by atomic mass is 10.0. The minimum absolute atomic E-state index is 0.152. The standard InChI is InChI=1S/C23H19BrN2O5/c1-13-10-15(22(28)29)4-8-18(13)20-9-7-17(31-20)11-19-21(27)26(23(30)25-19)12-14-2-5-16(24)6-3-14/h2-10,23,30H,11-12H2,1H3,(H,28,29). The Morgan fingerprint density at radius 1 is 1.16 bits per heavy atom. The molecule has 1 aliphatic rings. The van der Waals surface area contributed by atoms with Crippen molar-refractivity contribution in [3.8, 4) is 11.3 Å². The summed E-state index contributed by atoms with van der Waals surface area (Å²) in [5.74, 6) is -0.224.